The van der Waals surface area contributed by atoms with Gasteiger partial charge >= 0.3 is 7.75 Å². The number of nitrogens with two attached hydrogens (primary N) is 1. The molecule has 30 heavy (non-hydrogen) atoms. The van der Waals surface area contributed by atoms with Crippen LogP contribution in [0.4, 0.5) is 0 Å². The number of sulfonamides is 1. The minimum Gasteiger partial charge on any atom is -0.628 e. The first-order chi connectivity index (χ1) is 13.4. The predicted octanol–water partition coefficient (Wildman–Crippen LogP) is 1.37. The molecule has 12 heteroatoms. The van der Waals surface area contributed by atoms with Crippen molar-refractivity contribution in [2.75, 3.05) is 39.6 Å². The van der Waals surface area contributed by atoms with Gasteiger partial charge in [0.2, 0.25) is 10.0 Å². The van der Waals surface area contributed by atoms with Gasteiger partial charge in [-0.05, 0) is 39.5 Å². The van der Waals surface area contributed by atoms with Crippen LogP contribution in [0.1, 0.15) is 54.9 Å². The molecular weight excluding hydrogens is 433 g/mol. The summed E-state index contributed by atoms with van der Waals surface area (Å²) in [6.07, 6.45) is 0.941. The number of hydroxylamine groups is 1. The Morgan fingerprint density at radius 2 is 1.73 bits per heavy atom. The van der Waals surface area contributed by atoms with E-state index in [9.17, 15) is 18.2 Å². The maximum absolute atomic E-state index is 12.8. The van der Waals surface area contributed by atoms with Gasteiger partial charge in [0.1, 0.15) is 0 Å². The van der Waals surface area contributed by atoms with E-state index in [0.29, 0.717) is 0 Å². The van der Waals surface area contributed by atoms with Crippen molar-refractivity contribution in [3.05, 3.63) is 5.21 Å². The molecule has 0 aromatic rings. The minimum absolute atomic E-state index is 0.0265. The van der Waals surface area contributed by atoms with Crippen LogP contribution >= 0.6 is 7.75 Å². The molecule has 0 heterocycles. The molecule has 0 saturated carbocycles. The van der Waals surface area contributed by atoms with E-state index in [1.54, 1.807) is 20.8 Å². The van der Waals surface area contributed by atoms with Crippen LogP contribution in [0.2, 0.25) is 0 Å². The van der Waals surface area contributed by atoms with Crippen molar-refractivity contribution in [2.45, 2.75) is 72.6 Å². The smallest absolute Gasteiger partial charge is 0.529 e. The Morgan fingerprint density at radius 3 is 2.10 bits per heavy atom. The van der Waals surface area contributed by atoms with Gasteiger partial charge in [-0.1, -0.05) is 20.8 Å². The van der Waals surface area contributed by atoms with E-state index in [-0.39, 0.29) is 37.8 Å². The molecular formula is C18H42N3O7PS. The SMILES string of the molecule is CCC(C)(C)[C@H](C)O[C@H](COP(=O)(OCCN)[NH+](C)[O-])CN(C(C)(C)C)S(C)(=O)=O. The van der Waals surface area contributed by atoms with Crippen molar-refractivity contribution >= 4 is 17.8 Å². The Balaban J connectivity index is 5.75. The highest BCUT2D eigenvalue weighted by Gasteiger charge is 2.38. The zero-order valence-corrected chi connectivity index (χ0v) is 21.6. The largest absolute Gasteiger partial charge is 0.628 e. The second-order valence-corrected chi connectivity index (χ2v) is 13.2. The van der Waals surface area contributed by atoms with Gasteiger partial charge in [0.05, 0.1) is 38.7 Å². The highest BCUT2D eigenvalue weighted by atomic mass is 32.2. The minimum atomic E-state index is -4.04. The normalized spacial score (nSPS) is 18.8. The Hall–Kier alpha value is -0.100. The molecule has 0 fully saturated rings. The first-order valence-electron chi connectivity index (χ1n) is 10.1. The summed E-state index contributed by atoms with van der Waals surface area (Å²) in [5.41, 5.74) is 4.48. The molecule has 2 unspecified atom stereocenters. The lowest BCUT2D eigenvalue weighted by atomic mass is 9.84. The lowest BCUT2D eigenvalue weighted by Gasteiger charge is -2.39. The molecule has 0 saturated heterocycles. The van der Waals surface area contributed by atoms with Gasteiger partial charge in [-0.25, -0.2) is 13.0 Å². The van der Waals surface area contributed by atoms with Crippen LogP contribution in [0.25, 0.3) is 0 Å². The molecule has 0 aromatic heterocycles. The third-order valence-corrected chi connectivity index (χ3v) is 8.40. The van der Waals surface area contributed by atoms with Crippen molar-refractivity contribution in [3.8, 4) is 0 Å². The van der Waals surface area contributed by atoms with E-state index in [2.05, 4.69) is 0 Å². The van der Waals surface area contributed by atoms with Gasteiger partial charge in [0.25, 0.3) is 0 Å². The molecule has 0 aromatic carbocycles. The molecule has 0 spiro atoms. The molecule has 3 N–H and O–H groups in total. The number of hydrogen-bond donors (Lipinski definition) is 2. The first-order valence-corrected chi connectivity index (χ1v) is 13.5. The van der Waals surface area contributed by atoms with Gasteiger partial charge in [-0.15, -0.1) is 0 Å². The molecule has 0 radical (unpaired) electrons. The van der Waals surface area contributed by atoms with Crippen LogP contribution in [0, 0.1) is 10.6 Å². The number of nitrogens with one attached hydrogen (secondary N) is 1. The van der Waals surface area contributed by atoms with Crippen LogP contribution in [0.15, 0.2) is 0 Å². The molecule has 0 aliphatic carbocycles. The highest BCUT2D eigenvalue weighted by Crippen LogP contribution is 2.39. The summed E-state index contributed by atoms with van der Waals surface area (Å²) in [5, 5.41) is 11.9. The van der Waals surface area contributed by atoms with Gasteiger partial charge in [0.15, 0.2) is 0 Å². The Morgan fingerprint density at radius 1 is 1.20 bits per heavy atom. The van der Waals surface area contributed by atoms with Crippen LogP contribution in [-0.2, 0) is 28.4 Å². The summed E-state index contributed by atoms with van der Waals surface area (Å²) >= 11 is 0. The molecule has 0 rings (SSSR count). The lowest BCUT2D eigenvalue weighted by molar-refractivity contribution is -0.704. The average molecular weight is 476 g/mol. The number of ether oxygens (including phenoxy) is 1. The van der Waals surface area contributed by atoms with E-state index >= 15 is 0 Å². The standard InChI is InChI=1S/C18H42N3O7PS/c1-10-18(6,7)15(2)28-16(13-21(17(3,4)5)30(9,24)25)14-27-29(23,20(8)22)26-12-11-19/h15-16,20H,10-14,19H2,1-9H3/t15-,16-,29?/m0/s1. The highest BCUT2D eigenvalue weighted by molar-refractivity contribution is 7.88. The van der Waals surface area contributed by atoms with E-state index in [0.717, 1.165) is 19.7 Å². The summed E-state index contributed by atoms with van der Waals surface area (Å²) in [6, 6.07) is 0. The summed E-state index contributed by atoms with van der Waals surface area (Å²) in [6.45, 7) is 13.0. The molecule has 0 bridgehead atoms. The fraction of sp³-hybridized carbons (Fsp3) is 1.00. The zero-order chi connectivity index (χ0) is 24.0. The second-order valence-electron chi connectivity index (χ2n) is 9.14. The fourth-order valence-electron chi connectivity index (χ4n) is 2.56. The second kappa shape index (κ2) is 11.7. The van der Waals surface area contributed by atoms with Crippen LogP contribution < -0.4 is 10.6 Å². The first kappa shape index (κ1) is 29.9. The van der Waals surface area contributed by atoms with Gasteiger partial charge in [-0.2, -0.15) is 4.31 Å². The monoisotopic (exact) mass is 475 g/mol. The summed E-state index contributed by atoms with van der Waals surface area (Å²) in [7, 11) is -6.49. The molecule has 10 nitrogen and oxygen atoms in total. The third kappa shape index (κ3) is 9.58. The third-order valence-electron chi connectivity index (χ3n) is 5.12. The number of quaternary nitrogens is 1. The van der Waals surface area contributed by atoms with Crippen LogP contribution in [-0.4, -0.2) is 70.1 Å². The Bertz CT molecular complexity index is 665. The van der Waals surface area contributed by atoms with Crippen molar-refractivity contribution in [3.63, 3.8) is 0 Å². The van der Waals surface area contributed by atoms with E-state index in [1.165, 1.54) is 4.31 Å². The van der Waals surface area contributed by atoms with E-state index < -0.39 is 34.2 Å². The predicted molar refractivity (Wildman–Crippen MR) is 119 cm³/mol. The van der Waals surface area contributed by atoms with E-state index in [1.807, 2.05) is 27.7 Å². The molecule has 0 aliphatic rings. The summed E-state index contributed by atoms with van der Waals surface area (Å²) in [4.78, 5) is -0.743. The van der Waals surface area contributed by atoms with Crippen molar-refractivity contribution in [2.24, 2.45) is 11.1 Å². The Kier molecular flexibility index (Phi) is 11.6. The van der Waals surface area contributed by atoms with Crippen molar-refractivity contribution in [1.29, 1.82) is 0 Å². The van der Waals surface area contributed by atoms with Gasteiger partial charge in [0, 0.05) is 18.6 Å². The number of hydrogen-bond acceptors (Lipinski definition) is 8. The molecule has 0 amide bonds. The van der Waals surface area contributed by atoms with Gasteiger partial charge < -0.3 is 15.7 Å². The Labute approximate surface area is 182 Å². The fourth-order valence-corrected chi connectivity index (χ4v) is 5.14. The topological polar surface area (TPSA) is 136 Å². The number of rotatable bonds is 14. The van der Waals surface area contributed by atoms with Crippen LogP contribution in [0.3, 0.4) is 0 Å². The number of nitrogens with zero attached hydrogens (tertiary/aromatic N) is 1. The summed E-state index contributed by atoms with van der Waals surface area (Å²) in [5.74, 6) is 0. The maximum atomic E-state index is 12.8. The maximum Gasteiger partial charge on any atom is 0.529 e. The van der Waals surface area contributed by atoms with Crippen molar-refractivity contribution < 1.29 is 31.6 Å². The molecule has 182 valence electrons. The zero-order valence-electron chi connectivity index (χ0n) is 19.9. The van der Waals surface area contributed by atoms with Crippen LogP contribution in [0.5, 0.6) is 0 Å². The van der Waals surface area contributed by atoms with Gasteiger partial charge in [-0.3, -0.25) is 13.9 Å². The lowest BCUT2D eigenvalue weighted by Crippen LogP contribution is -2.99. The average Bonchev–Trinajstić information content (AvgIpc) is 2.59. The van der Waals surface area contributed by atoms with Crippen molar-refractivity contribution in [1.82, 2.24) is 4.31 Å². The molecule has 4 atom stereocenters. The quantitative estimate of drug-likeness (QED) is 0.284. The molecule has 0 aliphatic heterocycles. The summed E-state index contributed by atoms with van der Waals surface area (Å²) < 4.78 is 55.5. The van der Waals surface area contributed by atoms with E-state index in [4.69, 9.17) is 19.5 Å².